The molecule has 0 bridgehead atoms. The third-order valence-corrected chi connectivity index (χ3v) is 5.10. The largest absolute Gasteiger partial charge is 0.493 e. The van der Waals surface area contributed by atoms with E-state index in [0.717, 1.165) is 17.5 Å². The summed E-state index contributed by atoms with van der Waals surface area (Å²) in [4.78, 5) is 12.3. The third kappa shape index (κ3) is 3.99. The van der Waals surface area contributed by atoms with Crippen LogP contribution in [0.4, 0.5) is 4.39 Å². The van der Waals surface area contributed by atoms with Crippen LogP contribution in [0.1, 0.15) is 22.2 Å². The second-order valence-corrected chi connectivity index (χ2v) is 6.99. The highest BCUT2D eigenvalue weighted by atomic mass is 19.1. The molecule has 156 valence electrons. The Labute approximate surface area is 173 Å². The number of rotatable bonds is 7. The highest BCUT2D eigenvalue weighted by Crippen LogP contribution is 2.28. The fourth-order valence-corrected chi connectivity index (χ4v) is 3.51. The average Bonchev–Trinajstić information content (AvgIpc) is 3.22. The molecule has 8 heteroatoms. The normalized spacial score (nSPS) is 15.4. The summed E-state index contributed by atoms with van der Waals surface area (Å²) in [6, 6.07) is 13.6. The number of hydrogen-bond donors (Lipinski definition) is 2. The zero-order valence-corrected chi connectivity index (χ0v) is 16.8. The first kappa shape index (κ1) is 19.9. The van der Waals surface area contributed by atoms with Gasteiger partial charge < -0.3 is 14.8 Å². The Bertz CT molecular complexity index is 1050. The van der Waals surface area contributed by atoms with E-state index < -0.39 is 0 Å². The number of aromatic nitrogens is 2. The zero-order valence-electron chi connectivity index (χ0n) is 16.8. The quantitative estimate of drug-likeness (QED) is 0.626. The van der Waals surface area contributed by atoms with Crippen molar-refractivity contribution in [2.45, 2.75) is 12.6 Å². The van der Waals surface area contributed by atoms with Gasteiger partial charge in [-0.05, 0) is 54.4 Å². The molecule has 1 atom stereocenters. The standard InChI is InChI=1S/C22H23FN4O3/c1-29-19-8-3-14(11-20(19)30-2)9-10-24-21-13-25-22(28)18-12-17(26-27(18)21)15-4-6-16(23)7-5-15/h3-8,11-12,21,24H,9-10,13H2,1-2H3,(H,25,28). The predicted molar refractivity (Wildman–Crippen MR) is 110 cm³/mol. The van der Waals surface area contributed by atoms with Crippen molar-refractivity contribution < 1.29 is 18.7 Å². The lowest BCUT2D eigenvalue weighted by atomic mass is 10.1. The monoisotopic (exact) mass is 410 g/mol. The molecule has 3 aromatic rings. The van der Waals surface area contributed by atoms with Crippen molar-refractivity contribution in [2.24, 2.45) is 0 Å². The van der Waals surface area contributed by atoms with E-state index in [1.807, 2.05) is 18.2 Å². The smallest absolute Gasteiger partial charge is 0.269 e. The Balaban J connectivity index is 1.47. The fourth-order valence-electron chi connectivity index (χ4n) is 3.51. The first-order valence-corrected chi connectivity index (χ1v) is 9.67. The summed E-state index contributed by atoms with van der Waals surface area (Å²) in [5.74, 6) is 0.904. The molecule has 1 aliphatic heterocycles. The maximum atomic E-state index is 13.2. The summed E-state index contributed by atoms with van der Waals surface area (Å²) in [5, 5.41) is 10.9. The van der Waals surface area contributed by atoms with Gasteiger partial charge in [-0.3, -0.25) is 10.1 Å². The third-order valence-electron chi connectivity index (χ3n) is 5.10. The summed E-state index contributed by atoms with van der Waals surface area (Å²) in [7, 11) is 3.22. The van der Waals surface area contributed by atoms with E-state index in [0.29, 0.717) is 36.0 Å². The van der Waals surface area contributed by atoms with Crippen LogP contribution in [0.5, 0.6) is 11.5 Å². The Morgan fingerprint density at radius 3 is 2.63 bits per heavy atom. The van der Waals surface area contributed by atoms with E-state index in [9.17, 15) is 9.18 Å². The number of nitrogens with one attached hydrogen (secondary N) is 2. The molecule has 1 aliphatic rings. The van der Waals surface area contributed by atoms with Gasteiger partial charge in [0.2, 0.25) is 0 Å². The minimum absolute atomic E-state index is 0.172. The molecule has 0 radical (unpaired) electrons. The summed E-state index contributed by atoms with van der Waals surface area (Å²) >= 11 is 0. The highest BCUT2D eigenvalue weighted by Gasteiger charge is 2.27. The van der Waals surface area contributed by atoms with Gasteiger partial charge in [-0.25, -0.2) is 9.07 Å². The van der Waals surface area contributed by atoms with Crippen LogP contribution in [0, 0.1) is 5.82 Å². The number of nitrogens with zero attached hydrogens (tertiary/aromatic N) is 2. The molecule has 30 heavy (non-hydrogen) atoms. The van der Waals surface area contributed by atoms with E-state index in [4.69, 9.17) is 9.47 Å². The zero-order chi connectivity index (χ0) is 21.1. The molecule has 0 saturated carbocycles. The topological polar surface area (TPSA) is 77.4 Å². The summed E-state index contributed by atoms with van der Waals surface area (Å²) in [6.07, 6.45) is 0.596. The minimum atomic E-state index is -0.310. The molecular weight excluding hydrogens is 387 g/mol. The Kier molecular flexibility index (Phi) is 5.67. The van der Waals surface area contributed by atoms with Gasteiger partial charge >= 0.3 is 0 Å². The van der Waals surface area contributed by atoms with Gasteiger partial charge in [-0.15, -0.1) is 0 Å². The molecular formula is C22H23FN4O3. The van der Waals surface area contributed by atoms with Crippen LogP contribution in [-0.2, 0) is 6.42 Å². The maximum Gasteiger partial charge on any atom is 0.269 e. The number of fused-ring (bicyclic) bond motifs is 1. The molecule has 0 fully saturated rings. The van der Waals surface area contributed by atoms with E-state index in [1.54, 1.807) is 37.1 Å². The molecule has 1 aromatic heterocycles. The molecule has 1 amide bonds. The Hall–Kier alpha value is -3.39. The lowest BCUT2D eigenvalue weighted by molar-refractivity contribution is 0.0901. The van der Waals surface area contributed by atoms with Crippen molar-refractivity contribution in [3.05, 3.63) is 65.6 Å². The van der Waals surface area contributed by atoms with E-state index in [-0.39, 0.29) is 17.9 Å². The number of carbonyl (C=O) groups excluding carboxylic acids is 1. The molecule has 2 N–H and O–H groups in total. The predicted octanol–water partition coefficient (Wildman–Crippen LogP) is 2.78. The Morgan fingerprint density at radius 1 is 1.13 bits per heavy atom. The lowest BCUT2D eigenvalue weighted by Gasteiger charge is -2.25. The number of benzene rings is 2. The van der Waals surface area contributed by atoms with Gasteiger partial charge in [0, 0.05) is 12.1 Å². The van der Waals surface area contributed by atoms with Crippen LogP contribution >= 0.6 is 0 Å². The summed E-state index contributed by atoms with van der Waals surface area (Å²) < 4.78 is 25.5. The maximum absolute atomic E-state index is 13.2. The Morgan fingerprint density at radius 2 is 1.90 bits per heavy atom. The first-order valence-electron chi connectivity index (χ1n) is 9.67. The van der Waals surface area contributed by atoms with Gasteiger partial charge in [0.05, 0.1) is 26.5 Å². The van der Waals surface area contributed by atoms with Crippen molar-refractivity contribution in [3.63, 3.8) is 0 Å². The van der Waals surface area contributed by atoms with Crippen LogP contribution in [0.2, 0.25) is 0 Å². The molecule has 7 nitrogen and oxygen atoms in total. The number of methoxy groups -OCH3 is 2. The van der Waals surface area contributed by atoms with Crippen LogP contribution in [0.25, 0.3) is 11.3 Å². The lowest BCUT2D eigenvalue weighted by Crippen LogP contribution is -2.45. The highest BCUT2D eigenvalue weighted by molar-refractivity contribution is 5.94. The second-order valence-electron chi connectivity index (χ2n) is 6.99. The number of amides is 1. The summed E-state index contributed by atoms with van der Waals surface area (Å²) in [6.45, 7) is 1.11. The van der Waals surface area contributed by atoms with Gasteiger partial charge in [-0.2, -0.15) is 5.10 Å². The van der Waals surface area contributed by atoms with Crippen LogP contribution in [0.15, 0.2) is 48.5 Å². The van der Waals surface area contributed by atoms with Gasteiger partial charge in [0.25, 0.3) is 5.91 Å². The average molecular weight is 410 g/mol. The van der Waals surface area contributed by atoms with E-state index >= 15 is 0 Å². The van der Waals surface area contributed by atoms with Crippen molar-refractivity contribution in [3.8, 4) is 22.8 Å². The number of carbonyl (C=O) groups is 1. The molecule has 2 aromatic carbocycles. The van der Waals surface area contributed by atoms with Crippen molar-refractivity contribution >= 4 is 5.91 Å². The molecule has 2 heterocycles. The van der Waals surface area contributed by atoms with Crippen molar-refractivity contribution in [2.75, 3.05) is 27.3 Å². The first-order chi connectivity index (χ1) is 14.6. The van der Waals surface area contributed by atoms with Gasteiger partial charge in [0.15, 0.2) is 11.5 Å². The van der Waals surface area contributed by atoms with Crippen molar-refractivity contribution in [1.82, 2.24) is 20.4 Å². The minimum Gasteiger partial charge on any atom is -0.493 e. The van der Waals surface area contributed by atoms with Crippen LogP contribution < -0.4 is 20.1 Å². The van der Waals surface area contributed by atoms with Gasteiger partial charge in [-0.1, -0.05) is 6.07 Å². The van der Waals surface area contributed by atoms with Crippen LogP contribution in [-0.4, -0.2) is 43.0 Å². The van der Waals surface area contributed by atoms with Crippen LogP contribution in [0.3, 0.4) is 0 Å². The molecule has 0 saturated heterocycles. The van der Waals surface area contributed by atoms with Gasteiger partial charge in [0.1, 0.15) is 17.7 Å². The number of halogens is 1. The van der Waals surface area contributed by atoms with Crippen molar-refractivity contribution in [1.29, 1.82) is 0 Å². The number of hydrogen-bond acceptors (Lipinski definition) is 5. The SMILES string of the molecule is COc1ccc(CCNC2CNC(=O)c3cc(-c4ccc(F)cc4)nn32)cc1OC. The van der Waals surface area contributed by atoms with E-state index in [2.05, 4.69) is 15.7 Å². The molecule has 1 unspecified atom stereocenters. The second kappa shape index (κ2) is 8.54. The molecule has 0 aliphatic carbocycles. The van der Waals surface area contributed by atoms with E-state index in [1.165, 1.54) is 12.1 Å². The molecule has 4 rings (SSSR count). The summed E-state index contributed by atoms with van der Waals surface area (Å²) in [5.41, 5.74) is 2.97. The number of ether oxygens (including phenoxy) is 2. The molecule has 0 spiro atoms. The fraction of sp³-hybridized carbons (Fsp3) is 0.273.